The Labute approximate surface area is 85.6 Å². The van der Waals surface area contributed by atoms with E-state index in [2.05, 4.69) is 17.3 Å². The van der Waals surface area contributed by atoms with Crippen molar-refractivity contribution in [3.63, 3.8) is 0 Å². The molecule has 2 heterocycles. The minimum Gasteiger partial charge on any atom is -0.447 e. The van der Waals surface area contributed by atoms with Crippen molar-refractivity contribution in [3.8, 4) is 0 Å². The molecule has 2 aliphatic rings. The molecule has 0 aromatic heterocycles. The maximum Gasteiger partial charge on any atom is 0.407 e. The van der Waals surface area contributed by atoms with E-state index in [4.69, 9.17) is 4.74 Å². The summed E-state index contributed by atoms with van der Waals surface area (Å²) in [6, 6.07) is 0. The molecule has 0 aromatic rings. The first-order valence-corrected chi connectivity index (χ1v) is 5.34. The number of likely N-dealkylation sites (N-methyl/N-ethyl adjacent to an activating group) is 1. The topological polar surface area (TPSA) is 41.6 Å². The van der Waals surface area contributed by atoms with Gasteiger partial charge in [-0.3, -0.25) is 0 Å². The van der Waals surface area contributed by atoms with E-state index in [9.17, 15) is 4.79 Å². The molecule has 0 radical (unpaired) electrons. The van der Waals surface area contributed by atoms with Gasteiger partial charge >= 0.3 is 6.09 Å². The second kappa shape index (κ2) is 4.64. The lowest BCUT2D eigenvalue weighted by molar-refractivity contribution is 0.135. The summed E-state index contributed by atoms with van der Waals surface area (Å²) in [5.74, 6) is 0. The van der Waals surface area contributed by atoms with Crippen molar-refractivity contribution in [1.82, 2.24) is 10.2 Å². The van der Waals surface area contributed by atoms with Crippen LogP contribution in [0.4, 0.5) is 4.79 Å². The van der Waals surface area contributed by atoms with Crippen LogP contribution in [0.25, 0.3) is 0 Å². The van der Waals surface area contributed by atoms with Crippen LogP contribution in [0, 0.1) is 0 Å². The highest BCUT2D eigenvalue weighted by molar-refractivity contribution is 5.70. The van der Waals surface area contributed by atoms with Gasteiger partial charge in [-0.1, -0.05) is 13.8 Å². The Morgan fingerprint density at radius 3 is 2.71 bits per heavy atom. The smallest absolute Gasteiger partial charge is 0.407 e. The third kappa shape index (κ3) is 2.38. The molecule has 2 saturated heterocycles. The first-order chi connectivity index (χ1) is 6.70. The number of amides is 1. The summed E-state index contributed by atoms with van der Waals surface area (Å²) in [6.45, 7) is 6.58. The number of rotatable bonds is 0. The Hall–Kier alpha value is -0.770. The van der Waals surface area contributed by atoms with Crippen molar-refractivity contribution in [2.75, 3.05) is 26.7 Å². The maximum atomic E-state index is 10.9. The second-order valence-electron chi connectivity index (χ2n) is 3.82. The molecule has 14 heavy (non-hydrogen) atoms. The van der Waals surface area contributed by atoms with Gasteiger partial charge in [0.15, 0.2) is 0 Å². The molecule has 1 spiro atoms. The minimum absolute atomic E-state index is 0.0793. The number of hydrogen-bond acceptors (Lipinski definition) is 3. The molecule has 1 N–H and O–H groups in total. The maximum absolute atomic E-state index is 10.9. The molecule has 0 saturated carbocycles. The largest absolute Gasteiger partial charge is 0.447 e. The fourth-order valence-electron chi connectivity index (χ4n) is 2.07. The summed E-state index contributed by atoms with van der Waals surface area (Å²) >= 11 is 0. The quantitative estimate of drug-likeness (QED) is 0.639. The molecule has 4 nitrogen and oxygen atoms in total. The van der Waals surface area contributed by atoms with Crippen LogP contribution < -0.4 is 5.32 Å². The van der Waals surface area contributed by atoms with Gasteiger partial charge in [-0.15, -0.1) is 0 Å². The van der Waals surface area contributed by atoms with Crippen LogP contribution in [-0.2, 0) is 4.74 Å². The van der Waals surface area contributed by atoms with E-state index in [0.717, 1.165) is 25.9 Å². The number of cyclic esters (lactones) is 1. The second-order valence-corrected chi connectivity index (χ2v) is 3.82. The van der Waals surface area contributed by atoms with Crippen molar-refractivity contribution in [2.45, 2.75) is 32.2 Å². The molecular weight excluding hydrogens is 180 g/mol. The SMILES string of the molecule is CC.CN1CCCC2(COC(=O)N2)C1. The van der Waals surface area contributed by atoms with Crippen LogP contribution in [0.2, 0.25) is 0 Å². The molecule has 1 atom stereocenters. The molecule has 0 aromatic carbocycles. The first kappa shape index (κ1) is 11.3. The summed E-state index contributed by atoms with van der Waals surface area (Å²) in [4.78, 5) is 13.1. The molecule has 82 valence electrons. The number of nitrogens with one attached hydrogen (secondary N) is 1. The van der Waals surface area contributed by atoms with Crippen molar-refractivity contribution in [2.24, 2.45) is 0 Å². The first-order valence-electron chi connectivity index (χ1n) is 5.34. The zero-order valence-electron chi connectivity index (χ0n) is 9.30. The van der Waals surface area contributed by atoms with E-state index in [-0.39, 0.29) is 11.6 Å². The van der Waals surface area contributed by atoms with Crippen molar-refractivity contribution in [1.29, 1.82) is 0 Å². The Balaban J connectivity index is 0.000000461. The molecule has 4 heteroatoms. The van der Waals surface area contributed by atoms with E-state index in [1.807, 2.05) is 13.8 Å². The van der Waals surface area contributed by atoms with Crippen LogP contribution in [0.15, 0.2) is 0 Å². The van der Waals surface area contributed by atoms with Gasteiger partial charge in [0.05, 0.1) is 5.54 Å². The number of carbonyl (C=O) groups is 1. The molecule has 2 rings (SSSR count). The molecule has 2 fully saturated rings. The van der Waals surface area contributed by atoms with Crippen LogP contribution in [-0.4, -0.2) is 43.3 Å². The third-order valence-electron chi connectivity index (χ3n) is 2.61. The van der Waals surface area contributed by atoms with E-state index in [0.29, 0.717) is 6.61 Å². The Kier molecular flexibility index (Phi) is 3.75. The lowest BCUT2D eigenvalue weighted by Crippen LogP contribution is -2.55. The predicted molar refractivity (Wildman–Crippen MR) is 55.3 cm³/mol. The van der Waals surface area contributed by atoms with Gasteiger partial charge < -0.3 is 15.0 Å². The highest BCUT2D eigenvalue weighted by atomic mass is 16.6. The van der Waals surface area contributed by atoms with Gasteiger partial charge in [-0.2, -0.15) is 0 Å². The number of nitrogens with zero attached hydrogens (tertiary/aromatic N) is 1. The zero-order valence-corrected chi connectivity index (χ0v) is 9.30. The Morgan fingerprint density at radius 2 is 2.21 bits per heavy atom. The molecule has 1 unspecified atom stereocenters. The van der Waals surface area contributed by atoms with E-state index in [1.165, 1.54) is 0 Å². The Bertz CT molecular complexity index is 208. The lowest BCUT2D eigenvalue weighted by atomic mass is 9.91. The fraction of sp³-hybridized carbons (Fsp3) is 0.900. The number of hydrogen-bond donors (Lipinski definition) is 1. The average Bonchev–Trinajstić information content (AvgIpc) is 2.50. The van der Waals surface area contributed by atoms with Gasteiger partial charge in [0.2, 0.25) is 0 Å². The summed E-state index contributed by atoms with van der Waals surface area (Å²) in [5.41, 5.74) is -0.0793. The molecular formula is C10H20N2O2. The third-order valence-corrected chi connectivity index (χ3v) is 2.61. The van der Waals surface area contributed by atoms with E-state index in [1.54, 1.807) is 0 Å². The Morgan fingerprint density at radius 1 is 1.50 bits per heavy atom. The number of piperidine rings is 1. The molecule has 1 amide bonds. The lowest BCUT2D eigenvalue weighted by Gasteiger charge is -2.36. The summed E-state index contributed by atoms with van der Waals surface area (Å²) in [6.07, 6.45) is 1.92. The number of ether oxygens (including phenoxy) is 1. The van der Waals surface area contributed by atoms with Crippen LogP contribution in [0.1, 0.15) is 26.7 Å². The van der Waals surface area contributed by atoms with Crippen LogP contribution >= 0.6 is 0 Å². The minimum atomic E-state index is -0.259. The predicted octanol–water partition coefficient (Wildman–Crippen LogP) is 1.22. The van der Waals surface area contributed by atoms with Crippen molar-refractivity contribution < 1.29 is 9.53 Å². The highest BCUT2D eigenvalue weighted by Gasteiger charge is 2.41. The number of alkyl carbamates (subject to hydrolysis) is 1. The molecule has 0 aliphatic carbocycles. The van der Waals surface area contributed by atoms with Gasteiger partial charge in [0.25, 0.3) is 0 Å². The number of carbonyl (C=O) groups excluding carboxylic acids is 1. The summed E-state index contributed by atoms with van der Waals surface area (Å²) < 4.78 is 4.92. The highest BCUT2D eigenvalue weighted by Crippen LogP contribution is 2.24. The van der Waals surface area contributed by atoms with Crippen LogP contribution in [0.5, 0.6) is 0 Å². The standard InChI is InChI=1S/C8H14N2O2.C2H6/c1-10-4-2-3-8(5-10)6-12-7(11)9-8;1-2/h2-6H2,1H3,(H,9,11);1-2H3. The van der Waals surface area contributed by atoms with Gasteiger partial charge in [-0.05, 0) is 26.4 Å². The van der Waals surface area contributed by atoms with Crippen molar-refractivity contribution in [3.05, 3.63) is 0 Å². The van der Waals surface area contributed by atoms with Gasteiger partial charge in [-0.25, -0.2) is 4.79 Å². The summed E-state index contributed by atoms with van der Waals surface area (Å²) in [5, 5.41) is 2.90. The van der Waals surface area contributed by atoms with Gasteiger partial charge in [0, 0.05) is 6.54 Å². The monoisotopic (exact) mass is 200 g/mol. The molecule has 2 aliphatic heterocycles. The fourth-order valence-corrected chi connectivity index (χ4v) is 2.07. The number of likely N-dealkylation sites (tertiary alicyclic amines) is 1. The van der Waals surface area contributed by atoms with Crippen molar-refractivity contribution >= 4 is 6.09 Å². The van der Waals surface area contributed by atoms with Crippen LogP contribution in [0.3, 0.4) is 0 Å². The normalized spacial score (nSPS) is 31.8. The van der Waals surface area contributed by atoms with E-state index < -0.39 is 0 Å². The van der Waals surface area contributed by atoms with E-state index >= 15 is 0 Å². The molecule has 0 bridgehead atoms. The summed E-state index contributed by atoms with van der Waals surface area (Å²) in [7, 11) is 2.07. The average molecular weight is 200 g/mol. The van der Waals surface area contributed by atoms with Gasteiger partial charge in [0.1, 0.15) is 6.61 Å². The zero-order chi connectivity index (χ0) is 10.6.